The fourth-order valence-corrected chi connectivity index (χ4v) is 15.9. The number of nitrogen functional groups attached to an aromatic ring is 4. The van der Waals surface area contributed by atoms with Crippen LogP contribution in [0.25, 0.3) is 78.4 Å². The lowest BCUT2D eigenvalue weighted by molar-refractivity contribution is 0.00578. The predicted octanol–water partition coefficient (Wildman–Crippen LogP) is 10.1. The van der Waals surface area contributed by atoms with Crippen molar-refractivity contribution >= 4 is 151 Å². The molecule has 130 heavy (non-hydrogen) atoms. The van der Waals surface area contributed by atoms with Crippen LogP contribution in [0.5, 0.6) is 0 Å². The first-order valence-electron chi connectivity index (χ1n) is 42.9. The zero-order valence-electron chi connectivity index (χ0n) is 74.4. The van der Waals surface area contributed by atoms with Gasteiger partial charge < -0.3 is 98.2 Å². The molecule has 48 heteroatoms. The van der Waals surface area contributed by atoms with Crippen LogP contribution in [-0.2, 0) is 47.2 Å². The Bertz CT molecular complexity index is 5840. The number of carbonyl (C=O) groups excluding carboxylic acids is 2. The number of ether oxygens (including phenoxy) is 8. The first-order valence-corrected chi connectivity index (χ1v) is 44.0. The third kappa shape index (κ3) is 22.0. The van der Waals surface area contributed by atoms with Gasteiger partial charge in [0.1, 0.15) is 85.3 Å². The second-order valence-electron chi connectivity index (χ2n) is 34.5. The number of fused-ring (bicyclic) bond motifs is 4. The van der Waals surface area contributed by atoms with Crippen LogP contribution in [0.2, 0.25) is 15.7 Å². The molecule has 10 N–H and O–H groups in total. The molecule has 0 unspecified atom stereocenters. The molecule has 7 saturated heterocycles. The number of hydrogen-bond acceptors (Lipinski definition) is 38. The second kappa shape index (κ2) is 40.1. The van der Waals surface area contributed by atoms with Gasteiger partial charge in [-0.25, -0.2) is 79.4 Å². The minimum atomic E-state index is -0.828. The molecule has 19 rings (SSSR count). The van der Waals surface area contributed by atoms with Gasteiger partial charge >= 0.3 is 19.3 Å². The molecule has 12 aromatic heterocycles. The van der Waals surface area contributed by atoms with Crippen molar-refractivity contribution in [1.29, 1.82) is 0 Å². The van der Waals surface area contributed by atoms with Crippen molar-refractivity contribution < 1.29 is 56.8 Å². The van der Waals surface area contributed by atoms with E-state index in [4.69, 9.17) is 125 Å². The molecule has 44 nitrogen and oxygen atoms in total. The largest absolute Gasteiger partial charge is 0.500 e. The van der Waals surface area contributed by atoms with Gasteiger partial charge in [-0.2, -0.15) is 29.9 Å². The standard InChI is InChI=1S/C20H33BN4O6.C19H24N8O2.C18H23N9O2.C15H16ClN7O.C10H10Cl2N4O/c1-17(2,3)28-15(26)24-13-12(21-30-19(7,8)20(9,10)31-21)11-22-14(23-13)25-16(27)29-18(4,5)6;1-12-21-10-14(17(20)23-12)15-16-18(25-19(24-15)26-4-8-29-9-5-26)27(11-22-16)13-2-6-28-7-3-13;19-15-12(9-21-17(20)24-15)13-14-16(25-18(23-13)26-3-7-29-8-4-26)27(10-22-14)11-1-5-28-6-2-11;1-8-18-6-10(13(17)20-8)11-12-14(22-15(16)21-11)23(7-19-12)9-2-4-24-5-3-9;11-8-7-9(15-10(12)14-8)16(5-13-7)6-1-3-17-4-2-6/h11H,1-10H3,(H2,22,23,24,25,26,27);10-11,13H,2-9H2,1H3,(H2,20,21,23);9-11H,1-8H2,(H4,19,20,21,24);6-7,9H,2-5H2,1H3,(H2,17,18,20);5-6H,1-4H2. The number of nitrogens with zero attached hydrogens (tertiary/aromatic N) is 26. The average Bonchev–Trinajstić information content (AvgIpc) is 1.64. The Balaban J connectivity index is 0.000000126. The Morgan fingerprint density at radius 1 is 0.415 bits per heavy atom. The highest BCUT2D eigenvalue weighted by Gasteiger charge is 2.53. The maximum absolute atomic E-state index is 12.4. The van der Waals surface area contributed by atoms with Crippen LogP contribution < -0.4 is 48.8 Å². The molecule has 0 bridgehead atoms. The van der Waals surface area contributed by atoms with Crippen molar-refractivity contribution in [2.45, 2.75) is 181 Å². The van der Waals surface area contributed by atoms with E-state index in [9.17, 15) is 9.59 Å². The highest BCUT2D eigenvalue weighted by Crippen LogP contribution is 2.40. The van der Waals surface area contributed by atoms with Gasteiger partial charge in [0.25, 0.3) is 0 Å². The summed E-state index contributed by atoms with van der Waals surface area (Å²) >= 11 is 18.0. The summed E-state index contributed by atoms with van der Waals surface area (Å²) < 4.78 is 63.8. The number of nitrogens with two attached hydrogens (primary N) is 4. The number of morpholine rings is 2. The van der Waals surface area contributed by atoms with E-state index in [1.807, 2.05) is 56.4 Å². The van der Waals surface area contributed by atoms with Crippen LogP contribution >= 0.6 is 34.8 Å². The van der Waals surface area contributed by atoms with Gasteiger partial charge in [0, 0.05) is 133 Å². The van der Waals surface area contributed by atoms with E-state index in [-0.39, 0.29) is 46.2 Å². The molecule has 12 aromatic rings. The number of anilines is 8. The SMILES string of the molecule is CC(C)(C)OC(=O)Nc1ncc(B2OC(C)(C)C(C)(C)O2)c(NC(=O)OC(C)(C)C)n1.Cc1ncc(-c2nc(Cl)nc3c2ncn3C2CCOCC2)c(N)n1.Cc1ncc(-c2nc(N3CCOCC3)nc3c2ncn3C2CCOCC2)c(N)n1.Clc1nc(Cl)c2ncn(C3CCOCC3)c2n1.Nc1ncc(-c2nc(N3CCOCC3)nc3c2ncn3C2CCOCC2)c(N)n1. The summed E-state index contributed by atoms with van der Waals surface area (Å²) in [6.07, 6.45) is 19.6. The number of carbonyl (C=O) groups is 2. The quantitative estimate of drug-likeness (QED) is 0.0376. The van der Waals surface area contributed by atoms with Gasteiger partial charge in [-0.1, -0.05) is 11.6 Å². The van der Waals surface area contributed by atoms with Crippen LogP contribution in [-0.4, -0.2) is 265 Å². The first kappa shape index (κ1) is 93.2. The Hall–Kier alpha value is -11.5. The van der Waals surface area contributed by atoms with Crippen LogP contribution in [0.4, 0.5) is 56.7 Å². The molecule has 0 spiro atoms. The van der Waals surface area contributed by atoms with Crippen LogP contribution in [0.3, 0.4) is 0 Å². The van der Waals surface area contributed by atoms with Gasteiger partial charge in [-0.05, 0) is 158 Å². The molecule has 0 aliphatic carbocycles. The third-order valence-electron chi connectivity index (χ3n) is 22.5. The van der Waals surface area contributed by atoms with E-state index in [0.29, 0.717) is 151 Å². The number of amides is 2. The van der Waals surface area contributed by atoms with Gasteiger partial charge in [0.05, 0.1) is 79.6 Å². The Morgan fingerprint density at radius 2 is 0.762 bits per heavy atom. The first-order chi connectivity index (χ1) is 62.2. The molecule has 690 valence electrons. The molecule has 7 fully saturated rings. The summed E-state index contributed by atoms with van der Waals surface area (Å²) in [7, 11) is -0.828. The predicted molar refractivity (Wildman–Crippen MR) is 486 cm³/mol. The van der Waals surface area contributed by atoms with Gasteiger partial charge in [-0.3, -0.25) is 10.6 Å². The third-order valence-corrected chi connectivity index (χ3v) is 23.1. The van der Waals surface area contributed by atoms with E-state index < -0.39 is 41.7 Å². The fourth-order valence-electron chi connectivity index (χ4n) is 15.3. The molecule has 0 atom stereocenters. The Morgan fingerprint density at radius 3 is 1.15 bits per heavy atom. The maximum Gasteiger partial charge on any atom is 0.500 e. The smallest absolute Gasteiger partial charge is 0.444 e. The molecular formula is C82H106BCl3N32O12. The molecule has 0 aromatic carbocycles. The molecule has 7 aliphatic rings. The second-order valence-corrected chi connectivity index (χ2v) is 35.6. The van der Waals surface area contributed by atoms with Crippen LogP contribution in [0, 0.1) is 13.8 Å². The molecular weight excluding hydrogens is 1740 g/mol. The number of halogens is 3. The van der Waals surface area contributed by atoms with Crippen molar-refractivity contribution in [3.05, 3.63) is 77.5 Å². The topological polar surface area (TPSA) is 539 Å². The minimum Gasteiger partial charge on any atom is -0.444 e. The van der Waals surface area contributed by atoms with Crippen LogP contribution in [0.1, 0.15) is 156 Å². The van der Waals surface area contributed by atoms with E-state index >= 15 is 0 Å². The van der Waals surface area contributed by atoms with Gasteiger partial charge in [-0.15, -0.1) is 0 Å². The van der Waals surface area contributed by atoms with E-state index in [1.54, 1.807) is 79.7 Å². The van der Waals surface area contributed by atoms with Crippen molar-refractivity contribution in [3.63, 3.8) is 0 Å². The average molecular weight is 1850 g/mol. The van der Waals surface area contributed by atoms with Crippen LogP contribution in [0.15, 0.2) is 50.1 Å². The van der Waals surface area contributed by atoms with Crippen molar-refractivity contribution in [1.82, 2.24) is 118 Å². The monoisotopic (exact) mass is 1850 g/mol. The number of nitrogens with one attached hydrogen (secondary N) is 2. The van der Waals surface area contributed by atoms with Crippen molar-refractivity contribution in [3.8, 4) is 33.8 Å². The lowest BCUT2D eigenvalue weighted by Crippen LogP contribution is -2.41. The number of rotatable bonds is 12. The normalized spacial score (nSPS) is 17.7. The van der Waals surface area contributed by atoms with Crippen molar-refractivity contribution in [2.24, 2.45) is 0 Å². The summed E-state index contributed by atoms with van der Waals surface area (Å²) in [6.45, 7) is 33.2. The van der Waals surface area contributed by atoms with Gasteiger partial charge in [0.2, 0.25) is 34.4 Å². The highest BCUT2D eigenvalue weighted by molar-refractivity contribution is 6.63. The van der Waals surface area contributed by atoms with Crippen molar-refractivity contribution in [2.75, 3.05) is 149 Å². The minimum absolute atomic E-state index is 0.0550. The number of aromatic nitrogens is 24. The molecule has 0 saturated carbocycles. The molecule has 2 amide bonds. The fraction of sp³-hybridized carbons (Fsp3) is 0.537. The summed E-state index contributed by atoms with van der Waals surface area (Å²) in [4.78, 5) is 117. The van der Waals surface area contributed by atoms with E-state index in [2.05, 4.69) is 109 Å². The van der Waals surface area contributed by atoms with E-state index in [0.717, 1.165) is 142 Å². The number of aryl methyl sites for hydroxylation is 2. The highest BCUT2D eigenvalue weighted by atomic mass is 35.5. The Labute approximate surface area is 763 Å². The lowest BCUT2D eigenvalue weighted by atomic mass is 9.80. The summed E-state index contributed by atoms with van der Waals surface area (Å²) in [6, 6.07) is 1.22. The Kier molecular flexibility index (Phi) is 28.7. The summed E-state index contributed by atoms with van der Waals surface area (Å²) in [5, 5.41) is 5.64. The molecule has 7 aliphatic heterocycles. The molecule has 0 radical (unpaired) electrons. The zero-order chi connectivity index (χ0) is 91.9. The maximum atomic E-state index is 12.4. The van der Waals surface area contributed by atoms with E-state index in [1.165, 1.54) is 6.20 Å². The number of imidazole rings is 4. The number of hydrogen-bond donors (Lipinski definition) is 6. The lowest BCUT2D eigenvalue weighted by Gasteiger charge is -2.32. The summed E-state index contributed by atoms with van der Waals surface area (Å²) in [5.74, 6) is 3.67. The molecule has 19 heterocycles. The van der Waals surface area contributed by atoms with Gasteiger partial charge in [0.15, 0.2) is 27.7 Å². The zero-order valence-corrected chi connectivity index (χ0v) is 76.7. The summed E-state index contributed by atoms with van der Waals surface area (Å²) in [5.41, 5.74) is 31.2.